The number of rotatable bonds is 4. The van der Waals surface area contributed by atoms with E-state index in [1.807, 2.05) is 6.92 Å². The molecule has 0 aliphatic heterocycles. The third kappa shape index (κ3) is 2.91. The number of hydrogen-bond donors (Lipinski definition) is 1. The molecule has 0 aliphatic carbocycles. The second kappa shape index (κ2) is 5.10. The molecular weight excluding hydrogens is 221 g/mol. The number of aryl methyl sites for hydroxylation is 1. The third-order valence-corrected chi connectivity index (χ3v) is 2.55. The molecule has 0 saturated carbocycles. The maximum atomic E-state index is 12.7. The second-order valence-corrected chi connectivity index (χ2v) is 3.89. The van der Waals surface area contributed by atoms with Gasteiger partial charge in [-0.15, -0.1) is 0 Å². The van der Waals surface area contributed by atoms with Crippen LogP contribution in [0, 0.1) is 12.7 Å². The lowest BCUT2D eigenvalue weighted by Crippen LogP contribution is -1.94. The van der Waals surface area contributed by atoms with Crippen molar-refractivity contribution in [3.05, 3.63) is 53.0 Å². The number of oxazole rings is 1. The normalized spacial score (nSPS) is 10.8. The zero-order valence-corrected chi connectivity index (χ0v) is 9.61. The lowest BCUT2D eigenvalue weighted by atomic mass is 10.1. The standard InChI is InChI=1S/C13H14FNO2/c1-9-12(6-7-16)15-13(17-9)8-10-2-4-11(14)5-3-10/h2-5,16H,6-8H2,1H3. The Morgan fingerprint density at radius 3 is 2.65 bits per heavy atom. The summed E-state index contributed by atoms with van der Waals surface area (Å²) in [5.74, 6) is 1.08. The Kier molecular flexibility index (Phi) is 3.54. The van der Waals surface area contributed by atoms with Gasteiger partial charge in [0.15, 0.2) is 5.89 Å². The number of hydrogen-bond acceptors (Lipinski definition) is 3. The number of aliphatic hydroxyl groups excluding tert-OH is 1. The Morgan fingerprint density at radius 1 is 1.29 bits per heavy atom. The summed E-state index contributed by atoms with van der Waals surface area (Å²) in [4.78, 5) is 4.30. The van der Waals surface area contributed by atoms with Crippen LogP contribution in [0.2, 0.25) is 0 Å². The Labute approximate surface area is 98.9 Å². The van der Waals surface area contributed by atoms with Gasteiger partial charge in [0.2, 0.25) is 0 Å². The van der Waals surface area contributed by atoms with E-state index >= 15 is 0 Å². The van der Waals surface area contributed by atoms with E-state index < -0.39 is 0 Å². The highest BCUT2D eigenvalue weighted by atomic mass is 19.1. The van der Waals surface area contributed by atoms with Gasteiger partial charge in [0.1, 0.15) is 11.6 Å². The maximum absolute atomic E-state index is 12.7. The molecule has 1 aromatic carbocycles. The molecule has 4 heteroatoms. The van der Waals surface area contributed by atoms with Crippen LogP contribution in [0.5, 0.6) is 0 Å². The molecule has 2 aromatic rings. The van der Waals surface area contributed by atoms with E-state index in [9.17, 15) is 4.39 Å². The molecule has 0 amide bonds. The van der Waals surface area contributed by atoms with Gasteiger partial charge in [-0.3, -0.25) is 0 Å². The highest BCUT2D eigenvalue weighted by molar-refractivity contribution is 5.20. The van der Waals surface area contributed by atoms with E-state index in [-0.39, 0.29) is 12.4 Å². The summed E-state index contributed by atoms with van der Waals surface area (Å²) >= 11 is 0. The number of aromatic nitrogens is 1. The zero-order chi connectivity index (χ0) is 12.3. The first kappa shape index (κ1) is 11.8. The van der Waals surface area contributed by atoms with Gasteiger partial charge < -0.3 is 9.52 Å². The molecule has 3 nitrogen and oxygen atoms in total. The number of benzene rings is 1. The van der Waals surface area contributed by atoms with Crippen molar-refractivity contribution >= 4 is 0 Å². The first-order valence-corrected chi connectivity index (χ1v) is 5.49. The molecule has 1 aromatic heterocycles. The van der Waals surface area contributed by atoms with Gasteiger partial charge in [-0.05, 0) is 24.6 Å². The quantitative estimate of drug-likeness (QED) is 0.884. The first-order chi connectivity index (χ1) is 8.19. The van der Waals surface area contributed by atoms with Gasteiger partial charge >= 0.3 is 0 Å². The van der Waals surface area contributed by atoms with E-state index in [1.54, 1.807) is 12.1 Å². The fraction of sp³-hybridized carbons (Fsp3) is 0.308. The third-order valence-electron chi connectivity index (χ3n) is 2.55. The van der Waals surface area contributed by atoms with E-state index in [1.165, 1.54) is 12.1 Å². The maximum Gasteiger partial charge on any atom is 0.199 e. The molecule has 1 N–H and O–H groups in total. The van der Waals surface area contributed by atoms with E-state index in [4.69, 9.17) is 9.52 Å². The van der Waals surface area contributed by atoms with Crippen molar-refractivity contribution in [1.29, 1.82) is 0 Å². The van der Waals surface area contributed by atoms with Crippen molar-refractivity contribution in [2.75, 3.05) is 6.61 Å². The average Bonchev–Trinajstić information content (AvgIpc) is 2.63. The summed E-state index contributed by atoms with van der Waals surface area (Å²) < 4.78 is 18.2. The van der Waals surface area contributed by atoms with Crippen molar-refractivity contribution in [3.63, 3.8) is 0 Å². The average molecular weight is 235 g/mol. The first-order valence-electron chi connectivity index (χ1n) is 5.49. The molecule has 2 rings (SSSR count). The van der Waals surface area contributed by atoms with Crippen molar-refractivity contribution < 1.29 is 13.9 Å². The predicted octanol–water partition coefficient (Wildman–Crippen LogP) is 2.25. The van der Waals surface area contributed by atoms with Gasteiger partial charge in [0.05, 0.1) is 5.69 Å². The lowest BCUT2D eigenvalue weighted by molar-refractivity contribution is 0.297. The monoisotopic (exact) mass is 235 g/mol. The molecule has 0 aliphatic rings. The van der Waals surface area contributed by atoms with Crippen LogP contribution in [0.1, 0.15) is 22.9 Å². The molecule has 0 spiro atoms. The zero-order valence-electron chi connectivity index (χ0n) is 9.61. The molecular formula is C13H14FNO2. The van der Waals surface area contributed by atoms with E-state index in [2.05, 4.69) is 4.98 Å². The highest BCUT2D eigenvalue weighted by Gasteiger charge is 2.09. The van der Waals surface area contributed by atoms with Crippen molar-refractivity contribution in [2.24, 2.45) is 0 Å². The smallest absolute Gasteiger partial charge is 0.199 e. The van der Waals surface area contributed by atoms with Crippen LogP contribution in [0.3, 0.4) is 0 Å². The fourth-order valence-corrected chi connectivity index (χ4v) is 1.68. The summed E-state index contributed by atoms with van der Waals surface area (Å²) in [6, 6.07) is 6.25. The summed E-state index contributed by atoms with van der Waals surface area (Å²) in [5.41, 5.74) is 1.73. The molecule has 0 bridgehead atoms. The van der Waals surface area contributed by atoms with Crippen LogP contribution in [0.15, 0.2) is 28.7 Å². The van der Waals surface area contributed by atoms with Crippen LogP contribution in [0.25, 0.3) is 0 Å². The Morgan fingerprint density at radius 2 is 2.00 bits per heavy atom. The van der Waals surface area contributed by atoms with Gasteiger partial charge in [0.25, 0.3) is 0 Å². The number of aliphatic hydroxyl groups is 1. The molecule has 0 saturated heterocycles. The van der Waals surface area contributed by atoms with E-state index in [0.717, 1.165) is 17.0 Å². The Balaban J connectivity index is 2.13. The van der Waals surface area contributed by atoms with Crippen LogP contribution >= 0.6 is 0 Å². The Bertz CT molecular complexity index is 491. The van der Waals surface area contributed by atoms with Gasteiger partial charge in [0, 0.05) is 19.4 Å². The molecule has 0 unspecified atom stereocenters. The van der Waals surface area contributed by atoms with Gasteiger partial charge in [-0.1, -0.05) is 12.1 Å². The predicted molar refractivity (Wildman–Crippen MR) is 61.2 cm³/mol. The van der Waals surface area contributed by atoms with Crippen molar-refractivity contribution in [1.82, 2.24) is 4.98 Å². The Hall–Kier alpha value is -1.68. The summed E-state index contributed by atoms with van der Waals surface area (Å²) in [7, 11) is 0. The minimum absolute atomic E-state index is 0.0589. The van der Waals surface area contributed by atoms with Crippen LogP contribution in [-0.4, -0.2) is 16.7 Å². The molecule has 90 valence electrons. The second-order valence-electron chi connectivity index (χ2n) is 3.89. The molecule has 0 atom stereocenters. The van der Waals surface area contributed by atoms with Crippen molar-refractivity contribution in [2.45, 2.75) is 19.8 Å². The summed E-state index contributed by atoms with van der Waals surface area (Å²) in [6.45, 7) is 1.88. The molecule has 17 heavy (non-hydrogen) atoms. The lowest BCUT2D eigenvalue weighted by Gasteiger charge is -1.96. The van der Waals surface area contributed by atoms with Gasteiger partial charge in [-0.25, -0.2) is 9.37 Å². The highest BCUT2D eigenvalue weighted by Crippen LogP contribution is 2.14. The van der Waals surface area contributed by atoms with Crippen LogP contribution in [-0.2, 0) is 12.8 Å². The largest absolute Gasteiger partial charge is 0.445 e. The minimum atomic E-state index is -0.252. The van der Waals surface area contributed by atoms with Crippen LogP contribution < -0.4 is 0 Å². The molecule has 0 radical (unpaired) electrons. The van der Waals surface area contributed by atoms with Crippen LogP contribution in [0.4, 0.5) is 4.39 Å². The SMILES string of the molecule is Cc1oc(Cc2ccc(F)cc2)nc1CCO. The number of nitrogens with zero attached hydrogens (tertiary/aromatic N) is 1. The van der Waals surface area contributed by atoms with Crippen molar-refractivity contribution in [3.8, 4) is 0 Å². The summed E-state index contributed by atoms with van der Waals surface area (Å²) in [5, 5.41) is 8.85. The summed E-state index contributed by atoms with van der Waals surface area (Å²) in [6.07, 6.45) is 1.03. The fourth-order valence-electron chi connectivity index (χ4n) is 1.68. The van der Waals surface area contributed by atoms with Gasteiger partial charge in [-0.2, -0.15) is 0 Å². The molecule has 0 fully saturated rings. The minimum Gasteiger partial charge on any atom is -0.445 e. The molecule has 1 heterocycles. The van der Waals surface area contributed by atoms with E-state index in [0.29, 0.717) is 18.7 Å². The number of halogens is 1. The topological polar surface area (TPSA) is 46.3 Å².